The molecule has 0 unspecified atom stereocenters. The molecule has 0 spiro atoms. The summed E-state index contributed by atoms with van der Waals surface area (Å²) < 4.78 is 26.6. The van der Waals surface area contributed by atoms with Crippen molar-refractivity contribution in [2.45, 2.75) is 19.8 Å². The Morgan fingerprint density at radius 3 is 2.36 bits per heavy atom. The molecule has 7 nitrogen and oxygen atoms in total. The largest absolute Gasteiger partial charge is 0.336 e. The van der Waals surface area contributed by atoms with E-state index in [-0.39, 0.29) is 5.91 Å². The number of imidazole rings is 1. The third-order valence-electron chi connectivity index (χ3n) is 4.67. The Bertz CT molecular complexity index is 909. The highest BCUT2D eigenvalue weighted by molar-refractivity contribution is 7.88. The smallest absolute Gasteiger partial charge is 0.254 e. The Kier molecular flexibility index (Phi) is 4.59. The number of rotatable bonds is 3. The van der Waals surface area contributed by atoms with E-state index in [0.717, 1.165) is 16.9 Å². The van der Waals surface area contributed by atoms with Crippen LogP contribution in [0.25, 0.3) is 11.0 Å². The molecule has 1 aromatic carbocycles. The Hall–Kier alpha value is -1.93. The van der Waals surface area contributed by atoms with Gasteiger partial charge in [0.15, 0.2) is 0 Å². The summed E-state index contributed by atoms with van der Waals surface area (Å²) in [6.07, 6.45) is 1.20. The molecule has 2 heterocycles. The number of benzene rings is 1. The van der Waals surface area contributed by atoms with Crippen LogP contribution < -0.4 is 0 Å². The molecule has 8 heteroatoms. The second-order valence-corrected chi connectivity index (χ2v) is 8.82. The lowest BCUT2D eigenvalue weighted by atomic mass is 10.1. The number of aryl methyl sites for hydroxylation is 1. The lowest BCUT2D eigenvalue weighted by molar-refractivity contribution is 0.0698. The van der Waals surface area contributed by atoms with Gasteiger partial charge in [0, 0.05) is 44.7 Å². The Labute approximate surface area is 148 Å². The summed E-state index contributed by atoms with van der Waals surface area (Å²) in [5.41, 5.74) is 2.41. The van der Waals surface area contributed by atoms with E-state index in [1.54, 1.807) is 4.90 Å². The summed E-state index contributed by atoms with van der Waals surface area (Å²) in [5, 5.41) is 0. The quantitative estimate of drug-likeness (QED) is 0.825. The van der Waals surface area contributed by atoms with Crippen LogP contribution in [0.2, 0.25) is 0 Å². The van der Waals surface area contributed by atoms with Gasteiger partial charge in [-0.1, -0.05) is 13.8 Å². The maximum Gasteiger partial charge on any atom is 0.254 e. The summed E-state index contributed by atoms with van der Waals surface area (Å²) in [7, 11) is -1.21. The van der Waals surface area contributed by atoms with E-state index in [1.807, 2.05) is 25.2 Å². The third-order valence-corrected chi connectivity index (χ3v) is 5.98. The van der Waals surface area contributed by atoms with Crippen LogP contribution in [0.15, 0.2) is 18.2 Å². The number of hydrogen-bond acceptors (Lipinski definition) is 4. The second kappa shape index (κ2) is 6.42. The van der Waals surface area contributed by atoms with Gasteiger partial charge in [-0.15, -0.1) is 0 Å². The zero-order valence-electron chi connectivity index (χ0n) is 15.1. The standard InChI is InChI=1S/C17H24N4O3S/c1-12(2)16-18-14-11-13(5-6-15(14)19(16)3)17(22)20-7-9-21(10-8-20)25(4,23)24/h5-6,11-12H,7-10H2,1-4H3. The van der Waals surface area contributed by atoms with E-state index < -0.39 is 10.0 Å². The van der Waals surface area contributed by atoms with Crippen LogP contribution in [0.5, 0.6) is 0 Å². The molecule has 3 rings (SSSR count). The zero-order valence-corrected chi connectivity index (χ0v) is 15.9. The van der Waals surface area contributed by atoms with Crippen molar-refractivity contribution in [1.29, 1.82) is 0 Å². The molecule has 0 N–H and O–H groups in total. The Morgan fingerprint density at radius 1 is 1.16 bits per heavy atom. The summed E-state index contributed by atoms with van der Waals surface area (Å²) in [6.45, 7) is 5.68. The average Bonchev–Trinajstić information content (AvgIpc) is 2.90. The van der Waals surface area contributed by atoms with Crippen LogP contribution in [0.3, 0.4) is 0 Å². The molecule has 0 bridgehead atoms. The van der Waals surface area contributed by atoms with Crippen molar-refractivity contribution in [3.8, 4) is 0 Å². The van der Waals surface area contributed by atoms with Crippen molar-refractivity contribution < 1.29 is 13.2 Å². The lowest BCUT2D eigenvalue weighted by Gasteiger charge is -2.33. The number of aromatic nitrogens is 2. The number of fused-ring (bicyclic) bond motifs is 1. The minimum Gasteiger partial charge on any atom is -0.336 e. The van der Waals surface area contributed by atoms with E-state index in [9.17, 15) is 13.2 Å². The fraction of sp³-hybridized carbons (Fsp3) is 0.529. The van der Waals surface area contributed by atoms with Gasteiger partial charge in [-0.05, 0) is 18.2 Å². The van der Waals surface area contributed by atoms with Crippen LogP contribution in [0.4, 0.5) is 0 Å². The van der Waals surface area contributed by atoms with E-state index in [1.165, 1.54) is 10.6 Å². The van der Waals surface area contributed by atoms with Gasteiger partial charge >= 0.3 is 0 Å². The zero-order chi connectivity index (χ0) is 18.4. The molecule has 0 saturated carbocycles. The number of carbonyl (C=O) groups is 1. The number of hydrogen-bond donors (Lipinski definition) is 0. The molecule has 1 aliphatic heterocycles. The van der Waals surface area contributed by atoms with E-state index in [0.29, 0.717) is 37.7 Å². The molecule has 136 valence electrons. The number of nitrogens with zero attached hydrogens (tertiary/aromatic N) is 4. The molecule has 1 aliphatic rings. The van der Waals surface area contributed by atoms with Gasteiger partial charge in [0.25, 0.3) is 5.91 Å². The van der Waals surface area contributed by atoms with Crippen LogP contribution in [0, 0.1) is 0 Å². The fourth-order valence-corrected chi connectivity index (χ4v) is 4.10. The first kappa shape index (κ1) is 17.9. The average molecular weight is 364 g/mol. The minimum absolute atomic E-state index is 0.0770. The predicted molar refractivity (Wildman–Crippen MR) is 97.1 cm³/mol. The van der Waals surface area contributed by atoms with Crippen molar-refractivity contribution in [2.24, 2.45) is 7.05 Å². The molecule has 1 aromatic heterocycles. The van der Waals surface area contributed by atoms with E-state index in [2.05, 4.69) is 23.4 Å². The van der Waals surface area contributed by atoms with Gasteiger partial charge in [-0.2, -0.15) is 4.31 Å². The first-order valence-electron chi connectivity index (χ1n) is 8.39. The lowest BCUT2D eigenvalue weighted by Crippen LogP contribution is -2.50. The second-order valence-electron chi connectivity index (χ2n) is 6.84. The van der Waals surface area contributed by atoms with Crippen LogP contribution >= 0.6 is 0 Å². The van der Waals surface area contributed by atoms with Crippen molar-refractivity contribution in [2.75, 3.05) is 32.4 Å². The highest BCUT2D eigenvalue weighted by Crippen LogP contribution is 2.22. The molecule has 1 fully saturated rings. The number of amides is 1. The summed E-state index contributed by atoms with van der Waals surface area (Å²) >= 11 is 0. The van der Waals surface area contributed by atoms with Gasteiger partial charge in [0.1, 0.15) is 5.82 Å². The maximum atomic E-state index is 12.7. The monoisotopic (exact) mass is 364 g/mol. The number of carbonyl (C=O) groups excluding carboxylic acids is 1. The molecule has 2 aromatic rings. The molecule has 25 heavy (non-hydrogen) atoms. The van der Waals surface area contributed by atoms with Crippen molar-refractivity contribution in [3.05, 3.63) is 29.6 Å². The molecule has 1 saturated heterocycles. The predicted octanol–water partition coefficient (Wildman–Crippen LogP) is 1.41. The molecule has 0 atom stereocenters. The van der Waals surface area contributed by atoms with Gasteiger partial charge < -0.3 is 9.47 Å². The molecule has 0 radical (unpaired) electrons. The fourth-order valence-electron chi connectivity index (χ4n) is 3.27. The van der Waals surface area contributed by atoms with Gasteiger partial charge in [0.2, 0.25) is 10.0 Å². The number of sulfonamides is 1. The molecular formula is C17H24N4O3S. The summed E-state index contributed by atoms with van der Waals surface area (Å²) in [5.74, 6) is 1.22. The van der Waals surface area contributed by atoms with Crippen molar-refractivity contribution >= 4 is 27.0 Å². The van der Waals surface area contributed by atoms with Crippen LogP contribution in [-0.4, -0.2) is 65.5 Å². The minimum atomic E-state index is -3.20. The third kappa shape index (κ3) is 3.41. The van der Waals surface area contributed by atoms with E-state index in [4.69, 9.17) is 0 Å². The Balaban J connectivity index is 1.81. The van der Waals surface area contributed by atoms with Gasteiger partial charge in [-0.25, -0.2) is 13.4 Å². The SMILES string of the molecule is CC(C)c1nc2cc(C(=O)N3CCN(S(C)(=O)=O)CC3)ccc2n1C. The summed E-state index contributed by atoms with van der Waals surface area (Å²) in [4.78, 5) is 19.1. The normalized spacial score (nSPS) is 16.8. The first-order chi connectivity index (χ1) is 11.7. The first-order valence-corrected chi connectivity index (χ1v) is 10.2. The highest BCUT2D eigenvalue weighted by Gasteiger charge is 2.27. The van der Waals surface area contributed by atoms with Crippen molar-refractivity contribution in [3.63, 3.8) is 0 Å². The molecule has 1 amide bonds. The summed E-state index contributed by atoms with van der Waals surface area (Å²) in [6, 6.07) is 5.57. The maximum absolute atomic E-state index is 12.7. The van der Waals surface area contributed by atoms with Crippen molar-refractivity contribution in [1.82, 2.24) is 18.8 Å². The van der Waals surface area contributed by atoms with Gasteiger partial charge in [0.05, 0.1) is 17.3 Å². The molecule has 0 aliphatic carbocycles. The van der Waals surface area contributed by atoms with Crippen LogP contribution in [0.1, 0.15) is 35.9 Å². The topological polar surface area (TPSA) is 75.5 Å². The Morgan fingerprint density at radius 2 is 1.80 bits per heavy atom. The van der Waals surface area contributed by atoms with E-state index >= 15 is 0 Å². The highest BCUT2D eigenvalue weighted by atomic mass is 32.2. The van der Waals surface area contributed by atoms with Crippen LogP contribution in [-0.2, 0) is 17.1 Å². The number of piperazine rings is 1. The molecular weight excluding hydrogens is 340 g/mol. The van der Waals surface area contributed by atoms with Gasteiger partial charge in [-0.3, -0.25) is 4.79 Å².